The van der Waals surface area contributed by atoms with Crippen LogP contribution in [0.2, 0.25) is 0 Å². The van der Waals surface area contributed by atoms with E-state index in [4.69, 9.17) is 4.74 Å². The largest absolute Gasteiger partial charge is 0.419 e. The second-order valence-corrected chi connectivity index (χ2v) is 6.38. The SMILES string of the molecule is CCNC(=NCCCOCC1CC1)NCCNc1ncccc1C(F)(F)F. The van der Waals surface area contributed by atoms with Gasteiger partial charge in [0.05, 0.1) is 5.56 Å². The summed E-state index contributed by atoms with van der Waals surface area (Å²) in [6, 6.07) is 2.29. The summed E-state index contributed by atoms with van der Waals surface area (Å²) in [5.41, 5.74) is -0.767. The van der Waals surface area contributed by atoms with Crippen molar-refractivity contribution in [2.75, 3.05) is 44.7 Å². The number of alkyl halides is 3. The first-order valence-electron chi connectivity index (χ1n) is 9.36. The molecule has 0 atom stereocenters. The summed E-state index contributed by atoms with van der Waals surface area (Å²) in [5.74, 6) is 1.23. The number of nitrogens with one attached hydrogen (secondary N) is 3. The number of nitrogens with zero attached hydrogens (tertiary/aromatic N) is 2. The van der Waals surface area contributed by atoms with Crippen LogP contribution in [0.25, 0.3) is 0 Å². The fourth-order valence-corrected chi connectivity index (χ4v) is 2.37. The Hall–Kier alpha value is -2.03. The first kappa shape index (κ1) is 21.3. The van der Waals surface area contributed by atoms with Crippen LogP contribution in [0.5, 0.6) is 0 Å². The third-order valence-corrected chi connectivity index (χ3v) is 3.93. The molecule has 2 rings (SSSR count). The van der Waals surface area contributed by atoms with Crippen LogP contribution in [-0.4, -0.2) is 50.3 Å². The smallest absolute Gasteiger partial charge is 0.381 e. The maximum absolute atomic E-state index is 12.9. The van der Waals surface area contributed by atoms with E-state index in [1.54, 1.807) is 0 Å². The van der Waals surface area contributed by atoms with E-state index in [9.17, 15) is 13.2 Å². The Morgan fingerprint density at radius 3 is 2.81 bits per heavy atom. The number of aromatic nitrogens is 1. The van der Waals surface area contributed by atoms with Crippen LogP contribution in [-0.2, 0) is 10.9 Å². The number of guanidine groups is 1. The standard InChI is InChI=1S/C18H28F3N5O/c1-2-22-17(25-9-4-12-27-13-14-6-7-14)26-11-10-24-16-15(18(19,20)21)5-3-8-23-16/h3,5,8,14H,2,4,6-7,9-13H2,1H3,(H,23,24)(H2,22,25,26). The van der Waals surface area contributed by atoms with Crippen molar-refractivity contribution in [1.29, 1.82) is 0 Å². The van der Waals surface area contributed by atoms with Gasteiger partial charge >= 0.3 is 6.18 Å². The summed E-state index contributed by atoms with van der Waals surface area (Å²) >= 11 is 0. The summed E-state index contributed by atoms with van der Waals surface area (Å²) in [4.78, 5) is 8.21. The van der Waals surface area contributed by atoms with Crippen LogP contribution in [0.1, 0.15) is 31.7 Å². The van der Waals surface area contributed by atoms with E-state index < -0.39 is 11.7 Å². The first-order chi connectivity index (χ1) is 13.0. The highest BCUT2D eigenvalue weighted by molar-refractivity contribution is 5.79. The topological polar surface area (TPSA) is 70.6 Å². The lowest BCUT2D eigenvalue weighted by Crippen LogP contribution is -2.39. The monoisotopic (exact) mass is 387 g/mol. The molecule has 1 heterocycles. The maximum atomic E-state index is 12.9. The zero-order valence-electron chi connectivity index (χ0n) is 15.6. The number of pyridine rings is 1. The minimum atomic E-state index is -4.43. The van der Waals surface area contributed by atoms with Gasteiger partial charge in [-0.1, -0.05) is 0 Å². The summed E-state index contributed by atoms with van der Waals surface area (Å²) in [6.07, 6.45) is 0.307. The molecule has 0 aromatic carbocycles. The van der Waals surface area contributed by atoms with Crippen molar-refractivity contribution in [1.82, 2.24) is 15.6 Å². The van der Waals surface area contributed by atoms with Crippen LogP contribution < -0.4 is 16.0 Å². The van der Waals surface area contributed by atoms with E-state index in [2.05, 4.69) is 25.9 Å². The minimum Gasteiger partial charge on any atom is -0.381 e. The highest BCUT2D eigenvalue weighted by atomic mass is 19.4. The Balaban J connectivity index is 1.68. The van der Waals surface area contributed by atoms with Gasteiger partial charge in [0.15, 0.2) is 5.96 Å². The Morgan fingerprint density at radius 2 is 2.11 bits per heavy atom. The second kappa shape index (κ2) is 11.0. The molecule has 6 nitrogen and oxygen atoms in total. The molecule has 0 radical (unpaired) electrons. The van der Waals surface area contributed by atoms with Crippen molar-refractivity contribution < 1.29 is 17.9 Å². The fraction of sp³-hybridized carbons (Fsp3) is 0.667. The molecule has 1 fully saturated rings. The average molecular weight is 387 g/mol. The number of aliphatic imine (C=N–C) groups is 1. The molecule has 1 aromatic rings. The molecule has 0 aliphatic heterocycles. The quantitative estimate of drug-likeness (QED) is 0.309. The maximum Gasteiger partial charge on any atom is 0.419 e. The zero-order valence-corrected chi connectivity index (χ0v) is 15.6. The molecule has 0 bridgehead atoms. The van der Waals surface area contributed by atoms with E-state index >= 15 is 0 Å². The lowest BCUT2D eigenvalue weighted by molar-refractivity contribution is -0.137. The molecule has 1 saturated carbocycles. The Labute approximate surface area is 158 Å². The molecule has 9 heteroatoms. The lowest BCUT2D eigenvalue weighted by atomic mass is 10.2. The van der Waals surface area contributed by atoms with Crippen molar-refractivity contribution in [3.8, 4) is 0 Å². The van der Waals surface area contributed by atoms with E-state index in [0.29, 0.717) is 32.2 Å². The number of halogens is 3. The van der Waals surface area contributed by atoms with Gasteiger partial charge in [-0.15, -0.1) is 0 Å². The normalized spacial score (nSPS) is 14.9. The number of hydrogen-bond acceptors (Lipinski definition) is 4. The molecule has 1 aliphatic carbocycles. The molecule has 0 amide bonds. The van der Waals surface area contributed by atoms with E-state index in [1.165, 1.54) is 25.1 Å². The number of hydrogen-bond donors (Lipinski definition) is 3. The fourth-order valence-electron chi connectivity index (χ4n) is 2.37. The van der Waals surface area contributed by atoms with E-state index in [0.717, 1.165) is 25.0 Å². The van der Waals surface area contributed by atoms with Gasteiger partial charge in [0.1, 0.15) is 5.82 Å². The molecule has 1 aliphatic rings. The van der Waals surface area contributed by atoms with Crippen molar-refractivity contribution in [3.63, 3.8) is 0 Å². The molecule has 0 unspecified atom stereocenters. The van der Waals surface area contributed by atoms with Crippen molar-refractivity contribution in [2.24, 2.45) is 10.9 Å². The minimum absolute atomic E-state index is 0.165. The van der Waals surface area contributed by atoms with Gasteiger partial charge in [0, 0.05) is 45.6 Å². The summed E-state index contributed by atoms with van der Waals surface area (Å²) in [7, 11) is 0. The predicted molar refractivity (Wildman–Crippen MR) is 99.9 cm³/mol. The average Bonchev–Trinajstić information content (AvgIpc) is 3.45. The van der Waals surface area contributed by atoms with Crippen molar-refractivity contribution in [3.05, 3.63) is 23.9 Å². The molecule has 0 saturated heterocycles. The summed E-state index contributed by atoms with van der Waals surface area (Å²) in [6.45, 7) is 5.54. The van der Waals surface area contributed by atoms with Crippen molar-refractivity contribution >= 4 is 11.8 Å². The van der Waals surface area contributed by atoms with Crippen LogP contribution in [0.15, 0.2) is 23.3 Å². The Kier molecular flexibility index (Phi) is 8.63. The molecular weight excluding hydrogens is 359 g/mol. The van der Waals surface area contributed by atoms with Gasteiger partial charge in [-0.05, 0) is 44.2 Å². The van der Waals surface area contributed by atoms with Crippen LogP contribution in [0.4, 0.5) is 19.0 Å². The highest BCUT2D eigenvalue weighted by Gasteiger charge is 2.33. The first-order valence-corrected chi connectivity index (χ1v) is 9.36. The van der Waals surface area contributed by atoms with E-state index in [-0.39, 0.29) is 12.4 Å². The van der Waals surface area contributed by atoms with Gasteiger partial charge in [-0.3, -0.25) is 4.99 Å². The predicted octanol–water partition coefficient (Wildman–Crippen LogP) is 2.88. The molecular formula is C18H28F3N5O. The summed E-state index contributed by atoms with van der Waals surface area (Å²) in [5, 5.41) is 8.93. The Morgan fingerprint density at radius 1 is 1.30 bits per heavy atom. The number of anilines is 1. The van der Waals surface area contributed by atoms with Gasteiger partial charge in [0.2, 0.25) is 0 Å². The number of rotatable bonds is 11. The third kappa shape index (κ3) is 8.47. The number of ether oxygens (including phenoxy) is 1. The van der Waals surface area contributed by atoms with Crippen LogP contribution in [0.3, 0.4) is 0 Å². The van der Waals surface area contributed by atoms with Gasteiger partial charge in [-0.2, -0.15) is 13.2 Å². The molecule has 27 heavy (non-hydrogen) atoms. The lowest BCUT2D eigenvalue weighted by Gasteiger charge is -2.14. The zero-order chi connectivity index (χ0) is 19.5. The Bertz CT molecular complexity index is 591. The van der Waals surface area contributed by atoms with Crippen LogP contribution in [0, 0.1) is 5.92 Å². The third-order valence-electron chi connectivity index (χ3n) is 3.93. The van der Waals surface area contributed by atoms with E-state index in [1.807, 2.05) is 6.92 Å². The van der Waals surface area contributed by atoms with Gasteiger partial charge in [0.25, 0.3) is 0 Å². The van der Waals surface area contributed by atoms with Crippen LogP contribution >= 0.6 is 0 Å². The molecule has 3 N–H and O–H groups in total. The second-order valence-electron chi connectivity index (χ2n) is 6.38. The summed E-state index contributed by atoms with van der Waals surface area (Å²) < 4.78 is 44.3. The molecule has 0 spiro atoms. The van der Waals surface area contributed by atoms with Gasteiger partial charge < -0.3 is 20.7 Å². The highest BCUT2D eigenvalue weighted by Crippen LogP contribution is 2.33. The van der Waals surface area contributed by atoms with Gasteiger partial charge in [-0.25, -0.2) is 4.98 Å². The van der Waals surface area contributed by atoms with Crippen molar-refractivity contribution in [2.45, 2.75) is 32.4 Å². The molecule has 152 valence electrons. The molecule has 1 aromatic heterocycles.